The van der Waals surface area contributed by atoms with Gasteiger partial charge in [-0.25, -0.2) is 8.42 Å². The summed E-state index contributed by atoms with van der Waals surface area (Å²) in [4.78, 5) is 21.5. The van der Waals surface area contributed by atoms with Crippen LogP contribution < -0.4 is 10.5 Å². The van der Waals surface area contributed by atoms with Crippen molar-refractivity contribution < 1.29 is 23.1 Å². The molecule has 0 aliphatic carbocycles. The van der Waals surface area contributed by atoms with Crippen molar-refractivity contribution in [3.8, 4) is 0 Å². The van der Waals surface area contributed by atoms with Crippen molar-refractivity contribution in [2.45, 2.75) is 24.3 Å². The largest absolute Gasteiger partial charge is 0.480 e. The Labute approximate surface area is 120 Å². The Morgan fingerprint density at radius 3 is 2.55 bits per heavy atom. The SMILES string of the molecule is Cc1ccc(Cl)cc1S(=O)(=O)N[C@H](CC(N)=O)C(=O)O. The van der Waals surface area contributed by atoms with Crippen LogP contribution in [0.5, 0.6) is 0 Å². The summed E-state index contributed by atoms with van der Waals surface area (Å²) in [5, 5.41) is 9.09. The lowest BCUT2D eigenvalue weighted by Gasteiger charge is -2.14. The van der Waals surface area contributed by atoms with E-state index in [1.54, 1.807) is 0 Å². The molecule has 0 saturated heterocycles. The minimum absolute atomic E-state index is 0.152. The quantitative estimate of drug-likeness (QED) is 0.692. The summed E-state index contributed by atoms with van der Waals surface area (Å²) in [7, 11) is -4.13. The van der Waals surface area contributed by atoms with Crippen LogP contribution in [0.25, 0.3) is 0 Å². The summed E-state index contributed by atoms with van der Waals surface area (Å²) < 4.78 is 26.2. The molecular formula is C11H13ClN2O5S. The van der Waals surface area contributed by atoms with Gasteiger partial charge in [0.15, 0.2) is 0 Å². The lowest BCUT2D eigenvalue weighted by Crippen LogP contribution is -2.43. The van der Waals surface area contributed by atoms with E-state index in [1.807, 2.05) is 4.72 Å². The van der Waals surface area contributed by atoms with Crippen molar-refractivity contribution in [2.24, 2.45) is 5.73 Å². The molecule has 1 rings (SSSR count). The van der Waals surface area contributed by atoms with Crippen molar-refractivity contribution in [1.82, 2.24) is 4.72 Å². The summed E-state index contributed by atoms with van der Waals surface area (Å²) in [5.41, 5.74) is 5.28. The van der Waals surface area contributed by atoms with E-state index in [4.69, 9.17) is 22.4 Å². The molecule has 9 heteroatoms. The van der Waals surface area contributed by atoms with Crippen molar-refractivity contribution in [3.05, 3.63) is 28.8 Å². The summed E-state index contributed by atoms with van der Waals surface area (Å²) in [6.45, 7) is 1.54. The summed E-state index contributed by atoms with van der Waals surface area (Å²) >= 11 is 5.72. The van der Waals surface area contributed by atoms with E-state index in [-0.39, 0.29) is 9.92 Å². The molecule has 20 heavy (non-hydrogen) atoms. The van der Waals surface area contributed by atoms with Gasteiger partial charge in [-0.3, -0.25) is 9.59 Å². The van der Waals surface area contributed by atoms with Gasteiger partial charge in [-0.15, -0.1) is 0 Å². The molecule has 7 nitrogen and oxygen atoms in total. The van der Waals surface area contributed by atoms with Gasteiger partial charge in [0.05, 0.1) is 11.3 Å². The van der Waals surface area contributed by atoms with Crippen LogP contribution in [0.2, 0.25) is 5.02 Å². The van der Waals surface area contributed by atoms with E-state index < -0.39 is 34.4 Å². The zero-order valence-corrected chi connectivity index (χ0v) is 12.0. The lowest BCUT2D eigenvalue weighted by molar-refractivity contribution is -0.140. The third-order valence-electron chi connectivity index (χ3n) is 2.44. The fraction of sp³-hybridized carbons (Fsp3) is 0.273. The van der Waals surface area contributed by atoms with Gasteiger partial charge < -0.3 is 10.8 Å². The van der Waals surface area contributed by atoms with Crippen LogP contribution in [0.15, 0.2) is 23.1 Å². The fourth-order valence-electron chi connectivity index (χ4n) is 1.49. The van der Waals surface area contributed by atoms with Crippen molar-refractivity contribution in [2.75, 3.05) is 0 Å². The van der Waals surface area contributed by atoms with Gasteiger partial charge in [0.2, 0.25) is 15.9 Å². The fourth-order valence-corrected chi connectivity index (χ4v) is 3.19. The standard InChI is InChI=1S/C11H13ClN2O5S/c1-6-2-3-7(12)4-9(6)20(18,19)14-8(11(16)17)5-10(13)15/h2-4,8,14H,5H2,1H3,(H2,13,15)(H,16,17)/t8-/m1/s1. The van der Waals surface area contributed by atoms with E-state index in [9.17, 15) is 18.0 Å². The maximum absolute atomic E-state index is 12.1. The number of nitrogens with two attached hydrogens (primary N) is 1. The average molecular weight is 321 g/mol. The molecule has 0 spiro atoms. The minimum atomic E-state index is -4.13. The molecule has 1 aromatic carbocycles. The number of carbonyl (C=O) groups is 2. The van der Waals surface area contributed by atoms with E-state index in [1.165, 1.54) is 25.1 Å². The first kappa shape index (κ1) is 16.4. The Bertz CT molecular complexity index is 644. The van der Waals surface area contributed by atoms with E-state index in [0.29, 0.717) is 5.56 Å². The number of sulfonamides is 1. The number of halogens is 1. The third kappa shape index (κ3) is 4.19. The Morgan fingerprint density at radius 2 is 2.05 bits per heavy atom. The molecule has 0 unspecified atom stereocenters. The minimum Gasteiger partial charge on any atom is -0.480 e. The van der Waals surface area contributed by atoms with Crippen LogP contribution in [0.4, 0.5) is 0 Å². The predicted octanol–water partition coefficient (Wildman–Crippen LogP) is 0.255. The second kappa shape index (κ2) is 6.21. The number of aryl methyl sites for hydroxylation is 1. The number of carbonyl (C=O) groups excluding carboxylic acids is 1. The van der Waals surface area contributed by atoms with Crippen LogP contribution in [0, 0.1) is 6.92 Å². The van der Waals surface area contributed by atoms with Crippen LogP contribution >= 0.6 is 11.6 Å². The number of carboxylic acids is 1. The summed E-state index contributed by atoms with van der Waals surface area (Å²) in [6, 6.07) is 2.56. The van der Waals surface area contributed by atoms with E-state index >= 15 is 0 Å². The zero-order chi connectivity index (χ0) is 15.5. The number of hydrogen-bond donors (Lipinski definition) is 3. The van der Waals surface area contributed by atoms with Gasteiger partial charge in [-0.05, 0) is 24.6 Å². The smallest absolute Gasteiger partial charge is 0.322 e. The number of nitrogens with one attached hydrogen (secondary N) is 1. The topological polar surface area (TPSA) is 127 Å². The van der Waals surface area contributed by atoms with Gasteiger partial charge in [0, 0.05) is 5.02 Å². The molecule has 0 heterocycles. The Balaban J connectivity index is 3.12. The van der Waals surface area contributed by atoms with Gasteiger partial charge in [0.25, 0.3) is 0 Å². The maximum Gasteiger partial charge on any atom is 0.322 e. The number of hydrogen-bond acceptors (Lipinski definition) is 4. The highest BCUT2D eigenvalue weighted by Crippen LogP contribution is 2.20. The number of amides is 1. The second-order valence-corrected chi connectivity index (χ2v) is 6.21. The molecule has 0 aliphatic heterocycles. The van der Waals surface area contributed by atoms with E-state index in [2.05, 4.69) is 0 Å². The molecule has 0 saturated carbocycles. The van der Waals surface area contributed by atoms with E-state index in [0.717, 1.165) is 0 Å². The van der Waals surface area contributed by atoms with Gasteiger partial charge in [0.1, 0.15) is 6.04 Å². The molecule has 1 aromatic rings. The van der Waals surface area contributed by atoms with Gasteiger partial charge in [-0.1, -0.05) is 17.7 Å². The third-order valence-corrected chi connectivity index (χ3v) is 4.29. The average Bonchev–Trinajstić information content (AvgIpc) is 2.30. The van der Waals surface area contributed by atoms with Crippen LogP contribution in [-0.4, -0.2) is 31.4 Å². The Kier molecular flexibility index (Phi) is 5.09. The molecular weight excluding hydrogens is 308 g/mol. The second-order valence-electron chi connectivity index (χ2n) is 4.09. The molecule has 0 fully saturated rings. The highest BCUT2D eigenvalue weighted by Gasteiger charge is 2.27. The Hall–Kier alpha value is -1.64. The first-order chi connectivity index (χ1) is 9.13. The van der Waals surface area contributed by atoms with Gasteiger partial charge in [-0.2, -0.15) is 4.72 Å². The maximum atomic E-state index is 12.1. The first-order valence-corrected chi connectivity index (χ1v) is 7.29. The molecule has 110 valence electrons. The number of aliphatic carboxylic acids is 1. The number of primary amides is 1. The lowest BCUT2D eigenvalue weighted by atomic mass is 10.2. The molecule has 1 amide bonds. The first-order valence-electron chi connectivity index (χ1n) is 5.43. The summed E-state index contributed by atoms with van der Waals surface area (Å²) in [5.74, 6) is -2.42. The number of benzene rings is 1. The monoisotopic (exact) mass is 320 g/mol. The zero-order valence-electron chi connectivity index (χ0n) is 10.5. The molecule has 0 aromatic heterocycles. The predicted molar refractivity (Wildman–Crippen MR) is 71.7 cm³/mol. The molecule has 0 radical (unpaired) electrons. The summed E-state index contributed by atoms with van der Waals surface area (Å²) in [6.07, 6.45) is -0.645. The molecule has 0 bridgehead atoms. The Morgan fingerprint density at radius 1 is 1.45 bits per heavy atom. The molecule has 0 aliphatic rings. The van der Waals surface area contributed by atoms with Gasteiger partial charge >= 0.3 is 5.97 Å². The highest BCUT2D eigenvalue weighted by molar-refractivity contribution is 7.89. The van der Waals surface area contributed by atoms with Crippen molar-refractivity contribution >= 4 is 33.5 Å². The van der Waals surface area contributed by atoms with Crippen LogP contribution in [0.1, 0.15) is 12.0 Å². The normalized spacial score (nSPS) is 12.9. The highest BCUT2D eigenvalue weighted by atomic mass is 35.5. The molecule has 4 N–H and O–H groups in total. The van der Waals surface area contributed by atoms with Crippen LogP contribution in [0.3, 0.4) is 0 Å². The number of carboxylic acid groups (broad SMARTS) is 1. The molecule has 1 atom stereocenters. The number of rotatable bonds is 6. The van der Waals surface area contributed by atoms with Crippen LogP contribution in [-0.2, 0) is 19.6 Å². The van der Waals surface area contributed by atoms with Crippen molar-refractivity contribution in [1.29, 1.82) is 0 Å². The van der Waals surface area contributed by atoms with Crippen molar-refractivity contribution in [3.63, 3.8) is 0 Å².